The van der Waals surface area contributed by atoms with Gasteiger partial charge in [-0.05, 0) is 24.6 Å². The van der Waals surface area contributed by atoms with Gasteiger partial charge in [0, 0.05) is 17.8 Å². The van der Waals surface area contributed by atoms with Crippen LogP contribution >= 0.6 is 0 Å². The second-order valence-corrected chi connectivity index (χ2v) is 3.07. The van der Waals surface area contributed by atoms with E-state index in [4.69, 9.17) is 5.73 Å². The third-order valence-electron chi connectivity index (χ3n) is 1.95. The van der Waals surface area contributed by atoms with Crippen molar-refractivity contribution in [1.29, 1.82) is 0 Å². The summed E-state index contributed by atoms with van der Waals surface area (Å²) in [5, 5.41) is 2.68. The third-order valence-corrected chi connectivity index (χ3v) is 1.95. The first-order chi connectivity index (χ1) is 6.65. The molecule has 0 saturated heterocycles. The van der Waals surface area contributed by atoms with Gasteiger partial charge in [0.2, 0.25) is 0 Å². The van der Waals surface area contributed by atoms with Gasteiger partial charge in [-0.1, -0.05) is 12.1 Å². The first-order valence-electron chi connectivity index (χ1n) is 4.40. The van der Waals surface area contributed by atoms with Crippen molar-refractivity contribution in [3.8, 4) is 0 Å². The minimum Gasteiger partial charge on any atom is -0.398 e. The number of hydrogen-bond donors (Lipinski definition) is 2. The van der Waals surface area contributed by atoms with Gasteiger partial charge in [0.25, 0.3) is 5.91 Å². The van der Waals surface area contributed by atoms with Crippen LogP contribution in [0.4, 0.5) is 5.69 Å². The molecule has 0 aliphatic heterocycles. The Bertz CT molecular complexity index is 358. The molecule has 1 aromatic carbocycles. The molecule has 14 heavy (non-hydrogen) atoms. The quantitative estimate of drug-likeness (QED) is 0.560. The predicted octanol–water partition coefficient (Wildman–Crippen LogP) is 1.49. The van der Waals surface area contributed by atoms with Crippen LogP contribution in [0.25, 0.3) is 0 Å². The van der Waals surface area contributed by atoms with E-state index in [0.717, 1.165) is 5.56 Å². The summed E-state index contributed by atoms with van der Waals surface area (Å²) in [6.07, 6.45) is 1.63. The van der Waals surface area contributed by atoms with Gasteiger partial charge in [0.1, 0.15) is 0 Å². The van der Waals surface area contributed by atoms with E-state index in [2.05, 4.69) is 11.9 Å². The fourth-order valence-corrected chi connectivity index (χ4v) is 1.05. The van der Waals surface area contributed by atoms with Crippen molar-refractivity contribution < 1.29 is 4.79 Å². The predicted molar refractivity (Wildman–Crippen MR) is 58.1 cm³/mol. The average molecular weight is 190 g/mol. The van der Waals surface area contributed by atoms with E-state index >= 15 is 0 Å². The van der Waals surface area contributed by atoms with Crippen LogP contribution in [0.15, 0.2) is 30.9 Å². The van der Waals surface area contributed by atoms with Gasteiger partial charge in [0.15, 0.2) is 0 Å². The molecule has 3 heteroatoms. The Kier molecular flexibility index (Phi) is 3.29. The summed E-state index contributed by atoms with van der Waals surface area (Å²) in [6.45, 7) is 5.89. The molecule has 0 bridgehead atoms. The summed E-state index contributed by atoms with van der Waals surface area (Å²) in [4.78, 5) is 11.5. The third kappa shape index (κ3) is 2.36. The normalized spacial score (nSPS) is 9.50. The maximum absolute atomic E-state index is 11.5. The highest BCUT2D eigenvalue weighted by molar-refractivity contribution is 5.95. The lowest BCUT2D eigenvalue weighted by Crippen LogP contribution is -2.23. The van der Waals surface area contributed by atoms with Crippen LogP contribution in [-0.2, 0) is 0 Å². The van der Waals surface area contributed by atoms with Crippen molar-refractivity contribution in [1.82, 2.24) is 5.32 Å². The zero-order valence-corrected chi connectivity index (χ0v) is 8.21. The minimum absolute atomic E-state index is 0.128. The molecule has 1 rings (SSSR count). The minimum atomic E-state index is -0.128. The first kappa shape index (κ1) is 10.3. The van der Waals surface area contributed by atoms with Gasteiger partial charge in [-0.2, -0.15) is 0 Å². The standard InChI is InChI=1S/C11H14N2O/c1-3-6-13-11(14)9-5-4-8(2)10(12)7-9/h3-5,7H,1,6,12H2,2H3,(H,13,14). The molecule has 0 aliphatic carbocycles. The van der Waals surface area contributed by atoms with Crippen LogP contribution in [0, 0.1) is 6.92 Å². The molecule has 0 saturated carbocycles. The molecule has 0 spiro atoms. The highest BCUT2D eigenvalue weighted by Gasteiger charge is 2.04. The van der Waals surface area contributed by atoms with Gasteiger partial charge in [0.05, 0.1) is 0 Å². The number of hydrogen-bond acceptors (Lipinski definition) is 2. The lowest BCUT2D eigenvalue weighted by molar-refractivity contribution is 0.0958. The SMILES string of the molecule is C=CCNC(=O)c1ccc(C)c(N)c1. The van der Waals surface area contributed by atoms with Crippen molar-refractivity contribution in [3.63, 3.8) is 0 Å². The van der Waals surface area contributed by atoms with Crippen molar-refractivity contribution >= 4 is 11.6 Å². The Hall–Kier alpha value is -1.77. The van der Waals surface area contributed by atoms with E-state index in [0.29, 0.717) is 17.8 Å². The monoisotopic (exact) mass is 190 g/mol. The van der Waals surface area contributed by atoms with Crippen LogP contribution in [0.5, 0.6) is 0 Å². The van der Waals surface area contributed by atoms with E-state index < -0.39 is 0 Å². The number of amides is 1. The number of carbonyl (C=O) groups excluding carboxylic acids is 1. The second kappa shape index (κ2) is 4.46. The number of anilines is 1. The van der Waals surface area contributed by atoms with Crippen LogP contribution in [-0.4, -0.2) is 12.5 Å². The fourth-order valence-electron chi connectivity index (χ4n) is 1.05. The number of nitrogens with two attached hydrogens (primary N) is 1. The molecule has 0 aliphatic rings. The fraction of sp³-hybridized carbons (Fsp3) is 0.182. The molecule has 74 valence electrons. The molecule has 3 nitrogen and oxygen atoms in total. The molecule has 0 aromatic heterocycles. The van der Waals surface area contributed by atoms with E-state index in [-0.39, 0.29) is 5.91 Å². The molecule has 1 amide bonds. The zero-order valence-electron chi connectivity index (χ0n) is 8.21. The van der Waals surface area contributed by atoms with Gasteiger partial charge in [-0.25, -0.2) is 0 Å². The van der Waals surface area contributed by atoms with E-state index in [1.54, 1.807) is 18.2 Å². The molecule has 0 fully saturated rings. The second-order valence-electron chi connectivity index (χ2n) is 3.07. The average Bonchev–Trinajstić information content (AvgIpc) is 2.18. The van der Waals surface area contributed by atoms with Crippen molar-refractivity contribution in [2.45, 2.75) is 6.92 Å². The van der Waals surface area contributed by atoms with Crippen LogP contribution in [0.2, 0.25) is 0 Å². The summed E-state index contributed by atoms with van der Waals surface area (Å²) in [6, 6.07) is 5.26. The van der Waals surface area contributed by atoms with Crippen molar-refractivity contribution in [2.24, 2.45) is 0 Å². The number of nitrogen functional groups attached to an aromatic ring is 1. The zero-order chi connectivity index (χ0) is 10.6. The Morgan fingerprint density at radius 3 is 2.93 bits per heavy atom. The maximum atomic E-state index is 11.5. The highest BCUT2D eigenvalue weighted by atomic mass is 16.1. The van der Waals surface area contributed by atoms with E-state index in [1.807, 2.05) is 13.0 Å². The summed E-state index contributed by atoms with van der Waals surface area (Å²) < 4.78 is 0. The van der Waals surface area contributed by atoms with E-state index in [9.17, 15) is 4.79 Å². The summed E-state index contributed by atoms with van der Waals surface area (Å²) >= 11 is 0. The Morgan fingerprint density at radius 2 is 2.36 bits per heavy atom. The Labute approximate surface area is 83.6 Å². The summed E-state index contributed by atoms with van der Waals surface area (Å²) in [5.74, 6) is -0.128. The van der Waals surface area contributed by atoms with Crippen LogP contribution in [0.3, 0.4) is 0 Å². The number of rotatable bonds is 3. The molecule has 1 aromatic rings. The van der Waals surface area contributed by atoms with Gasteiger partial charge >= 0.3 is 0 Å². The molecule has 3 N–H and O–H groups in total. The van der Waals surface area contributed by atoms with Crippen LogP contribution in [0.1, 0.15) is 15.9 Å². The molecule has 0 atom stereocenters. The lowest BCUT2D eigenvalue weighted by atomic mass is 10.1. The number of aryl methyl sites for hydroxylation is 1. The lowest BCUT2D eigenvalue weighted by Gasteiger charge is -2.04. The van der Waals surface area contributed by atoms with Gasteiger partial charge in [-0.15, -0.1) is 6.58 Å². The van der Waals surface area contributed by atoms with Crippen molar-refractivity contribution in [2.75, 3.05) is 12.3 Å². The summed E-state index contributed by atoms with van der Waals surface area (Å²) in [7, 11) is 0. The van der Waals surface area contributed by atoms with Gasteiger partial charge in [-0.3, -0.25) is 4.79 Å². The molecule has 0 radical (unpaired) electrons. The summed E-state index contributed by atoms with van der Waals surface area (Å²) in [5.41, 5.74) is 7.88. The number of benzene rings is 1. The molecular weight excluding hydrogens is 176 g/mol. The number of nitrogens with one attached hydrogen (secondary N) is 1. The highest BCUT2D eigenvalue weighted by Crippen LogP contribution is 2.12. The first-order valence-corrected chi connectivity index (χ1v) is 4.40. The maximum Gasteiger partial charge on any atom is 0.251 e. The molecular formula is C11H14N2O. The van der Waals surface area contributed by atoms with E-state index in [1.165, 1.54) is 0 Å². The molecule has 0 unspecified atom stereocenters. The van der Waals surface area contributed by atoms with Gasteiger partial charge < -0.3 is 11.1 Å². The smallest absolute Gasteiger partial charge is 0.251 e. The number of carbonyl (C=O) groups is 1. The topological polar surface area (TPSA) is 55.1 Å². The largest absolute Gasteiger partial charge is 0.398 e. The molecule has 0 heterocycles. The Morgan fingerprint density at radius 1 is 1.64 bits per heavy atom. The Balaban J connectivity index is 2.80. The van der Waals surface area contributed by atoms with Crippen LogP contribution < -0.4 is 11.1 Å². The van der Waals surface area contributed by atoms with Crippen molar-refractivity contribution in [3.05, 3.63) is 42.0 Å².